The van der Waals surface area contributed by atoms with Crippen LogP contribution in [0.1, 0.15) is 49.4 Å². The second-order valence-corrected chi connectivity index (χ2v) is 11.4. The van der Waals surface area contributed by atoms with Gasteiger partial charge >= 0.3 is 11.9 Å². The number of hydrogen-bond donors (Lipinski definition) is 1. The lowest BCUT2D eigenvalue weighted by atomic mass is 9.80. The number of hydrogen-bond acceptors (Lipinski definition) is 9. The number of benzene rings is 3. The van der Waals surface area contributed by atoms with Gasteiger partial charge in [0, 0.05) is 56.3 Å². The van der Waals surface area contributed by atoms with Crippen LogP contribution < -0.4 is 5.32 Å². The number of carbonyl (C=O) groups excluding carboxylic acids is 2. The molecule has 0 aliphatic carbocycles. The average Bonchev–Trinajstić information content (AvgIpc) is 3.06. The molecule has 1 N–H and O–H groups in total. The Kier molecular flexibility index (Phi) is 10.6. The first kappa shape index (κ1) is 32.6. The molecule has 0 radical (unpaired) electrons. The number of rotatable bonds is 11. The monoisotopic (exact) mass is 624 g/mol. The third-order valence-electron chi connectivity index (χ3n) is 8.53. The number of nitrogens with one attached hydrogen (secondary N) is 1. The highest BCUT2D eigenvalue weighted by molar-refractivity contribution is 6.00. The van der Waals surface area contributed by atoms with Crippen LogP contribution >= 0.6 is 0 Å². The number of esters is 2. The van der Waals surface area contributed by atoms with Gasteiger partial charge in [0.25, 0.3) is 5.69 Å². The van der Waals surface area contributed by atoms with Crippen LogP contribution in [-0.2, 0) is 19.1 Å². The predicted molar refractivity (Wildman–Crippen MR) is 175 cm³/mol. The molecule has 3 aromatic carbocycles. The van der Waals surface area contributed by atoms with E-state index in [2.05, 4.69) is 63.6 Å². The van der Waals surface area contributed by atoms with E-state index in [0.717, 1.165) is 26.2 Å². The van der Waals surface area contributed by atoms with Gasteiger partial charge in [-0.2, -0.15) is 0 Å². The van der Waals surface area contributed by atoms with Crippen molar-refractivity contribution in [1.29, 1.82) is 0 Å². The van der Waals surface area contributed by atoms with Gasteiger partial charge < -0.3 is 14.8 Å². The molecule has 10 nitrogen and oxygen atoms in total. The zero-order chi connectivity index (χ0) is 32.6. The molecule has 0 amide bonds. The molecular formula is C36H40N4O6. The summed E-state index contributed by atoms with van der Waals surface area (Å²) in [6, 6.07) is 27.2. The number of carbonyl (C=O) groups is 2. The normalized spacial score (nSPS) is 17.5. The molecule has 240 valence electrons. The molecule has 1 saturated heterocycles. The molecule has 1 atom stereocenters. The summed E-state index contributed by atoms with van der Waals surface area (Å²) in [7, 11) is 0. The molecule has 2 heterocycles. The van der Waals surface area contributed by atoms with Crippen molar-refractivity contribution in [3.05, 3.63) is 134 Å². The summed E-state index contributed by atoms with van der Waals surface area (Å²) in [4.78, 5) is 42.7. The summed E-state index contributed by atoms with van der Waals surface area (Å²) in [6.45, 7) is 9.39. The molecule has 0 saturated carbocycles. The molecule has 3 aromatic rings. The first-order chi connectivity index (χ1) is 22.3. The smallest absolute Gasteiger partial charge is 0.336 e. The summed E-state index contributed by atoms with van der Waals surface area (Å²) >= 11 is 0. The van der Waals surface area contributed by atoms with E-state index >= 15 is 0 Å². The molecule has 2 aliphatic rings. The first-order valence-corrected chi connectivity index (χ1v) is 15.6. The van der Waals surface area contributed by atoms with Gasteiger partial charge in [-0.15, -0.1) is 0 Å². The highest BCUT2D eigenvalue weighted by Gasteiger charge is 2.38. The maximum Gasteiger partial charge on any atom is 0.336 e. The van der Waals surface area contributed by atoms with Crippen molar-refractivity contribution in [3.63, 3.8) is 0 Å². The van der Waals surface area contributed by atoms with Crippen LogP contribution in [0.25, 0.3) is 0 Å². The van der Waals surface area contributed by atoms with Crippen molar-refractivity contribution < 1.29 is 24.0 Å². The van der Waals surface area contributed by atoms with E-state index in [-0.39, 0.29) is 36.1 Å². The maximum atomic E-state index is 13.7. The Morgan fingerprint density at radius 3 is 1.96 bits per heavy atom. The van der Waals surface area contributed by atoms with Gasteiger partial charge in [-0.1, -0.05) is 72.8 Å². The standard InChI is InChI=1S/C36H40N4O6/c1-4-45-35(41)31-25(2)37-26(3)32(33(31)29-16-11-17-30(24-29)40(43)44)36(42)46-23-22-38-18-20-39(21-19-38)34(27-12-7-5-8-13-27)28-14-9-6-10-15-28/h5-17,24,33-34,37H,4,18-23H2,1-3H3. The lowest BCUT2D eigenvalue weighted by Gasteiger charge is -2.39. The highest BCUT2D eigenvalue weighted by atomic mass is 16.6. The zero-order valence-electron chi connectivity index (χ0n) is 26.5. The summed E-state index contributed by atoms with van der Waals surface area (Å²) in [6.07, 6.45) is 0. The minimum atomic E-state index is -0.885. The predicted octanol–water partition coefficient (Wildman–Crippen LogP) is 5.34. The molecule has 2 aliphatic heterocycles. The van der Waals surface area contributed by atoms with Crippen LogP contribution in [0.4, 0.5) is 5.69 Å². The fourth-order valence-corrected chi connectivity index (χ4v) is 6.37. The number of nitrogens with zero attached hydrogens (tertiary/aromatic N) is 3. The number of ether oxygens (including phenoxy) is 2. The number of nitro groups is 1. The minimum Gasteiger partial charge on any atom is -0.463 e. The van der Waals surface area contributed by atoms with Gasteiger partial charge in [0.05, 0.1) is 34.6 Å². The average molecular weight is 625 g/mol. The molecule has 5 rings (SSSR count). The van der Waals surface area contributed by atoms with Crippen LogP contribution in [0.2, 0.25) is 0 Å². The van der Waals surface area contributed by atoms with E-state index in [1.165, 1.54) is 23.3 Å². The summed E-state index contributed by atoms with van der Waals surface area (Å²) in [5.74, 6) is -2.06. The summed E-state index contributed by atoms with van der Waals surface area (Å²) in [5.41, 5.74) is 4.31. The first-order valence-electron chi connectivity index (χ1n) is 15.6. The van der Waals surface area contributed by atoms with Gasteiger partial charge in [0.1, 0.15) is 6.61 Å². The Morgan fingerprint density at radius 2 is 1.41 bits per heavy atom. The zero-order valence-corrected chi connectivity index (χ0v) is 26.5. The fourth-order valence-electron chi connectivity index (χ4n) is 6.37. The largest absolute Gasteiger partial charge is 0.463 e. The Bertz CT molecular complexity index is 1570. The van der Waals surface area contributed by atoms with Crippen molar-refractivity contribution in [3.8, 4) is 0 Å². The van der Waals surface area contributed by atoms with Crippen LogP contribution in [0.3, 0.4) is 0 Å². The second-order valence-electron chi connectivity index (χ2n) is 11.4. The minimum absolute atomic E-state index is 0.136. The molecule has 1 unspecified atom stereocenters. The fraction of sp³-hybridized carbons (Fsp3) is 0.333. The third-order valence-corrected chi connectivity index (χ3v) is 8.53. The molecule has 0 bridgehead atoms. The molecular weight excluding hydrogens is 584 g/mol. The van der Waals surface area contributed by atoms with E-state index in [1.54, 1.807) is 32.9 Å². The number of nitro benzene ring substituents is 1. The van der Waals surface area contributed by atoms with E-state index in [1.807, 2.05) is 12.1 Å². The molecule has 0 spiro atoms. The maximum absolute atomic E-state index is 13.7. The van der Waals surface area contributed by atoms with E-state index in [0.29, 0.717) is 23.5 Å². The van der Waals surface area contributed by atoms with Crippen molar-refractivity contribution in [2.75, 3.05) is 45.9 Å². The Labute approximate surface area is 269 Å². The van der Waals surface area contributed by atoms with Gasteiger partial charge in [-0.05, 0) is 37.5 Å². The lowest BCUT2D eigenvalue weighted by molar-refractivity contribution is -0.384. The van der Waals surface area contributed by atoms with Gasteiger partial charge in [0.2, 0.25) is 0 Å². The van der Waals surface area contributed by atoms with Gasteiger partial charge in [0.15, 0.2) is 0 Å². The topological polar surface area (TPSA) is 114 Å². The number of allylic oxidation sites excluding steroid dienone is 2. The van der Waals surface area contributed by atoms with E-state index in [4.69, 9.17) is 9.47 Å². The van der Waals surface area contributed by atoms with Crippen molar-refractivity contribution >= 4 is 17.6 Å². The van der Waals surface area contributed by atoms with Crippen LogP contribution in [0, 0.1) is 10.1 Å². The van der Waals surface area contributed by atoms with Crippen LogP contribution in [-0.4, -0.2) is 72.6 Å². The number of dihydropyridines is 1. The quantitative estimate of drug-likeness (QED) is 0.171. The van der Waals surface area contributed by atoms with Gasteiger partial charge in [-0.25, -0.2) is 9.59 Å². The number of piperazine rings is 1. The molecule has 10 heteroatoms. The van der Waals surface area contributed by atoms with Crippen LogP contribution in [0.5, 0.6) is 0 Å². The van der Waals surface area contributed by atoms with Crippen molar-refractivity contribution in [2.45, 2.75) is 32.7 Å². The second kappa shape index (κ2) is 15.0. The third kappa shape index (κ3) is 7.35. The molecule has 46 heavy (non-hydrogen) atoms. The van der Waals surface area contributed by atoms with E-state index in [9.17, 15) is 19.7 Å². The van der Waals surface area contributed by atoms with Crippen LogP contribution in [0.15, 0.2) is 107 Å². The summed E-state index contributed by atoms with van der Waals surface area (Å²) in [5, 5.41) is 14.7. The SMILES string of the molecule is CCOC(=O)C1=C(C)NC(C)=C(C(=O)OCCN2CCN(C(c3ccccc3)c3ccccc3)CC2)C1c1cccc([N+](=O)[O-])c1. The van der Waals surface area contributed by atoms with Crippen molar-refractivity contribution in [1.82, 2.24) is 15.1 Å². The van der Waals surface area contributed by atoms with E-state index < -0.39 is 22.8 Å². The molecule has 1 fully saturated rings. The summed E-state index contributed by atoms with van der Waals surface area (Å²) < 4.78 is 11.2. The number of non-ortho nitro benzene ring substituents is 1. The molecule has 0 aromatic heterocycles. The van der Waals surface area contributed by atoms with Crippen molar-refractivity contribution in [2.24, 2.45) is 0 Å². The Balaban J connectivity index is 1.26. The highest BCUT2D eigenvalue weighted by Crippen LogP contribution is 2.40. The lowest BCUT2D eigenvalue weighted by Crippen LogP contribution is -2.48. The Hall–Kier alpha value is -4.80. The van der Waals surface area contributed by atoms with Gasteiger partial charge in [-0.3, -0.25) is 19.9 Å². The Morgan fingerprint density at radius 1 is 0.848 bits per heavy atom.